The Hall–Kier alpha value is -1.81. The van der Waals surface area contributed by atoms with Crippen molar-refractivity contribution in [3.05, 3.63) is 82.9 Å². The molecule has 0 spiro atoms. The fourth-order valence-electron chi connectivity index (χ4n) is 7.84. The van der Waals surface area contributed by atoms with Crippen molar-refractivity contribution in [3.63, 3.8) is 0 Å². The fourth-order valence-corrected chi connectivity index (χ4v) is 10.4. The van der Waals surface area contributed by atoms with Crippen LogP contribution < -0.4 is 5.73 Å². The van der Waals surface area contributed by atoms with Crippen LogP contribution in [0, 0.1) is 29.6 Å². The molecular formula is C39H57NO5S2. The molecule has 260 valence electrons. The molecular weight excluding hydrogens is 627 g/mol. The van der Waals surface area contributed by atoms with Gasteiger partial charge in [0.25, 0.3) is 0 Å². The Morgan fingerprint density at radius 2 is 1.62 bits per heavy atom. The third kappa shape index (κ3) is 12.5. The van der Waals surface area contributed by atoms with Crippen molar-refractivity contribution >= 4 is 27.6 Å². The molecule has 1 heterocycles. The highest BCUT2D eigenvalue weighted by molar-refractivity contribution is 8.76. The van der Waals surface area contributed by atoms with Crippen molar-refractivity contribution in [3.8, 4) is 0 Å². The van der Waals surface area contributed by atoms with Gasteiger partial charge in [0.2, 0.25) is 0 Å². The van der Waals surface area contributed by atoms with Crippen molar-refractivity contribution in [2.24, 2.45) is 35.3 Å². The van der Waals surface area contributed by atoms with Crippen molar-refractivity contribution < 1.29 is 25.2 Å². The van der Waals surface area contributed by atoms with E-state index in [4.69, 9.17) is 5.73 Å². The van der Waals surface area contributed by atoms with Crippen molar-refractivity contribution in [1.29, 1.82) is 0 Å². The van der Waals surface area contributed by atoms with Crippen LogP contribution in [0.1, 0.15) is 92.9 Å². The molecule has 6 N–H and O–H groups in total. The molecule has 2 aliphatic rings. The van der Waals surface area contributed by atoms with E-state index in [9.17, 15) is 25.2 Å². The average molecular weight is 684 g/mol. The number of nitrogens with two attached hydrogens (primary N) is 1. The summed E-state index contributed by atoms with van der Waals surface area (Å²) in [5.74, 6) is 2.19. The van der Waals surface area contributed by atoms with E-state index in [-0.39, 0.29) is 30.8 Å². The van der Waals surface area contributed by atoms with Crippen LogP contribution in [0.2, 0.25) is 0 Å². The summed E-state index contributed by atoms with van der Waals surface area (Å²) in [7, 11) is 3.81. The highest BCUT2D eigenvalue weighted by atomic mass is 33.1. The van der Waals surface area contributed by atoms with E-state index in [0.717, 1.165) is 87.7 Å². The Morgan fingerprint density at radius 3 is 2.36 bits per heavy atom. The molecule has 47 heavy (non-hydrogen) atoms. The number of rotatable bonds is 12. The highest BCUT2D eigenvalue weighted by Gasteiger charge is 2.29. The van der Waals surface area contributed by atoms with Crippen LogP contribution in [0.5, 0.6) is 0 Å². The number of carboxylic acids is 1. The maximum atomic E-state index is 12.1. The number of hydrogen-bond acceptors (Lipinski definition) is 7. The lowest BCUT2D eigenvalue weighted by Crippen LogP contribution is -2.33. The fraction of sp³-hybridized carbons (Fsp3) is 0.615. The number of aryl methyl sites for hydroxylation is 1. The van der Waals surface area contributed by atoms with E-state index in [1.165, 1.54) is 23.1 Å². The normalized spacial score (nSPS) is 25.1. The monoisotopic (exact) mass is 683 g/mol. The van der Waals surface area contributed by atoms with E-state index in [0.29, 0.717) is 18.4 Å². The van der Waals surface area contributed by atoms with E-state index < -0.39 is 18.2 Å². The zero-order valence-electron chi connectivity index (χ0n) is 27.9. The lowest BCUT2D eigenvalue weighted by molar-refractivity contribution is -0.138. The standard InChI is InChI=1S/C39H57NO5S2/c40-21-20-32-17-16-31(14-7-15-37(42)39(45)33-11-2-1-3-12-33)36(23-28-8-6-9-29(22-28)25-41)27-47-46-26-35-13-5-4-10-30(35)18-19-34(32)24-38(43)44/h4-10,13,15,22,31-34,36-37,39,41-42,45H,1-3,11-12,14,16-21,23-27,40H2,(H,43,44)/b15-7-/t31-,32+,34-,36-,37+,39-/m1/s1. The first-order valence-electron chi connectivity index (χ1n) is 17.8. The molecule has 6 nitrogen and oxygen atoms in total. The highest BCUT2D eigenvalue weighted by Crippen LogP contribution is 2.39. The molecule has 0 bridgehead atoms. The van der Waals surface area contributed by atoms with Crippen LogP contribution in [-0.4, -0.2) is 50.9 Å². The van der Waals surface area contributed by atoms with Gasteiger partial charge in [-0.15, -0.1) is 0 Å². The van der Waals surface area contributed by atoms with E-state index in [1.807, 2.05) is 39.8 Å². The Balaban J connectivity index is 1.60. The minimum absolute atomic E-state index is 0.0155. The summed E-state index contributed by atoms with van der Waals surface area (Å²) in [5, 5.41) is 41.6. The summed E-state index contributed by atoms with van der Waals surface area (Å²) in [5.41, 5.74) is 10.9. The molecule has 1 fully saturated rings. The first-order chi connectivity index (χ1) is 22.9. The number of aliphatic hydroxyl groups excluding tert-OH is 3. The summed E-state index contributed by atoms with van der Waals surface area (Å²) in [6.45, 7) is 0.554. The molecule has 8 heteroatoms. The second-order valence-electron chi connectivity index (χ2n) is 13.9. The Bertz CT molecular complexity index is 1240. The third-order valence-electron chi connectivity index (χ3n) is 10.6. The maximum Gasteiger partial charge on any atom is 0.303 e. The number of aliphatic carboxylic acids is 1. The van der Waals surface area contributed by atoms with Gasteiger partial charge < -0.3 is 26.2 Å². The number of fused-ring (bicyclic) bond motifs is 1. The number of benzene rings is 2. The van der Waals surface area contributed by atoms with Gasteiger partial charge in [-0.05, 0) is 116 Å². The molecule has 0 aromatic heterocycles. The molecule has 0 saturated heterocycles. The molecule has 0 radical (unpaired) electrons. The molecule has 6 atom stereocenters. The Labute approximate surface area is 290 Å². The predicted molar refractivity (Wildman–Crippen MR) is 196 cm³/mol. The average Bonchev–Trinajstić information content (AvgIpc) is 3.09. The van der Waals surface area contributed by atoms with Gasteiger partial charge in [0.05, 0.1) is 18.8 Å². The van der Waals surface area contributed by atoms with Crippen LogP contribution in [0.3, 0.4) is 0 Å². The van der Waals surface area contributed by atoms with Crippen molar-refractivity contribution in [2.45, 2.75) is 108 Å². The van der Waals surface area contributed by atoms with Crippen LogP contribution in [0.25, 0.3) is 0 Å². The zero-order chi connectivity index (χ0) is 33.4. The largest absolute Gasteiger partial charge is 0.481 e. The van der Waals surface area contributed by atoms with Crippen LogP contribution >= 0.6 is 21.6 Å². The van der Waals surface area contributed by atoms with Crippen LogP contribution in [-0.2, 0) is 30.0 Å². The molecule has 0 unspecified atom stereocenters. The lowest BCUT2D eigenvalue weighted by Gasteiger charge is -2.32. The topological polar surface area (TPSA) is 124 Å². The number of allylic oxidation sites excluding steroid dienone is 1. The van der Waals surface area contributed by atoms with E-state index in [1.54, 1.807) is 0 Å². The number of carboxylic acid groups (broad SMARTS) is 1. The smallest absolute Gasteiger partial charge is 0.303 e. The van der Waals surface area contributed by atoms with Gasteiger partial charge in [-0.25, -0.2) is 0 Å². The number of aliphatic hydroxyl groups is 3. The molecule has 1 aliphatic carbocycles. The SMILES string of the molecule is NCC[C@@H]1CC[C@@H](C/C=C\[C@H](O)[C@H](O)C2CCCCC2)[C@H](Cc2cccc(CO)c2)CSSCc2ccccc2CC[C@@H]1CC(=O)O. The predicted octanol–water partition coefficient (Wildman–Crippen LogP) is 7.57. The minimum Gasteiger partial charge on any atom is -0.481 e. The summed E-state index contributed by atoms with van der Waals surface area (Å²) >= 11 is 0. The first kappa shape index (κ1) is 38.0. The summed E-state index contributed by atoms with van der Waals surface area (Å²) < 4.78 is 0. The lowest BCUT2D eigenvalue weighted by atomic mass is 9.75. The van der Waals surface area contributed by atoms with Crippen LogP contribution in [0.15, 0.2) is 60.7 Å². The zero-order valence-corrected chi connectivity index (χ0v) is 29.6. The number of hydrogen-bond donors (Lipinski definition) is 5. The maximum absolute atomic E-state index is 12.1. The molecule has 4 rings (SSSR count). The Morgan fingerprint density at radius 1 is 0.872 bits per heavy atom. The second-order valence-corrected chi connectivity index (χ2v) is 16.4. The van der Waals surface area contributed by atoms with E-state index >= 15 is 0 Å². The van der Waals surface area contributed by atoms with Gasteiger partial charge in [0.15, 0.2) is 0 Å². The second kappa shape index (κ2) is 20.6. The van der Waals surface area contributed by atoms with Gasteiger partial charge in [0.1, 0.15) is 0 Å². The van der Waals surface area contributed by atoms with Crippen molar-refractivity contribution in [2.75, 3.05) is 12.3 Å². The Kier molecular flexibility index (Phi) is 16.7. The number of carbonyl (C=O) groups is 1. The van der Waals surface area contributed by atoms with Gasteiger partial charge in [-0.1, -0.05) is 102 Å². The van der Waals surface area contributed by atoms with E-state index in [2.05, 4.69) is 42.5 Å². The third-order valence-corrected chi connectivity index (χ3v) is 13.0. The molecule has 1 aliphatic heterocycles. The van der Waals surface area contributed by atoms with Gasteiger partial charge in [-0.3, -0.25) is 4.79 Å². The van der Waals surface area contributed by atoms with Gasteiger partial charge in [0, 0.05) is 17.9 Å². The molecule has 0 amide bonds. The summed E-state index contributed by atoms with van der Waals surface area (Å²) in [6, 6.07) is 16.8. The van der Waals surface area contributed by atoms with Gasteiger partial charge >= 0.3 is 5.97 Å². The minimum atomic E-state index is -0.869. The molecule has 1 saturated carbocycles. The summed E-state index contributed by atoms with van der Waals surface area (Å²) in [4.78, 5) is 12.1. The van der Waals surface area contributed by atoms with Crippen molar-refractivity contribution in [1.82, 2.24) is 0 Å². The summed E-state index contributed by atoms with van der Waals surface area (Å²) in [6.07, 6.45) is 13.9. The molecule has 2 aromatic rings. The first-order valence-corrected chi connectivity index (χ1v) is 20.3. The quantitative estimate of drug-likeness (QED) is 0.115. The van der Waals surface area contributed by atoms with Gasteiger partial charge in [-0.2, -0.15) is 0 Å². The van der Waals surface area contributed by atoms with Crippen LogP contribution in [0.4, 0.5) is 0 Å². The molecule has 2 aromatic carbocycles.